The van der Waals surface area contributed by atoms with Crippen LogP contribution in [0, 0.1) is 6.92 Å². The van der Waals surface area contributed by atoms with E-state index >= 15 is 0 Å². The molecule has 0 aliphatic rings. The Morgan fingerprint density at radius 1 is 1.47 bits per heavy atom. The Hall–Kier alpha value is -1.82. The number of aromatic nitrogens is 1. The first-order valence-electron chi connectivity index (χ1n) is 4.86. The van der Waals surface area contributed by atoms with E-state index in [-0.39, 0.29) is 11.6 Å². The average molecular weight is 296 g/mol. The van der Waals surface area contributed by atoms with Crippen LogP contribution in [0.2, 0.25) is 0 Å². The molecule has 0 fully saturated rings. The van der Waals surface area contributed by atoms with Crippen molar-refractivity contribution >= 4 is 33.2 Å². The fourth-order valence-electron chi connectivity index (χ4n) is 1.31. The normalized spacial score (nSPS) is 10.2. The molecule has 0 aliphatic heterocycles. The van der Waals surface area contributed by atoms with Crippen molar-refractivity contribution in [3.8, 4) is 0 Å². The molecule has 2 aromatic rings. The zero-order chi connectivity index (χ0) is 12.4. The molecule has 3 N–H and O–H groups in total. The van der Waals surface area contributed by atoms with Gasteiger partial charge in [0, 0.05) is 10.5 Å². The van der Waals surface area contributed by atoms with E-state index in [4.69, 9.17) is 10.3 Å². The van der Waals surface area contributed by atoms with Gasteiger partial charge in [0.2, 0.25) is 0 Å². The van der Waals surface area contributed by atoms with Gasteiger partial charge >= 0.3 is 0 Å². The molecular weight excluding hydrogens is 286 g/mol. The first-order chi connectivity index (χ1) is 8.06. The molecule has 1 aromatic heterocycles. The molecule has 88 valence electrons. The van der Waals surface area contributed by atoms with E-state index in [0.717, 1.165) is 4.47 Å². The van der Waals surface area contributed by atoms with Gasteiger partial charge in [0.15, 0.2) is 5.69 Å². The van der Waals surface area contributed by atoms with Crippen LogP contribution in [-0.2, 0) is 0 Å². The summed E-state index contributed by atoms with van der Waals surface area (Å²) in [6.45, 7) is 1.72. The van der Waals surface area contributed by atoms with Gasteiger partial charge < -0.3 is 15.6 Å². The second-order valence-electron chi connectivity index (χ2n) is 3.51. The summed E-state index contributed by atoms with van der Waals surface area (Å²) < 4.78 is 5.68. The predicted octanol–water partition coefficient (Wildman–Crippen LogP) is 2.58. The molecule has 5 nitrogen and oxygen atoms in total. The zero-order valence-electron chi connectivity index (χ0n) is 9.03. The maximum Gasteiger partial charge on any atom is 0.277 e. The van der Waals surface area contributed by atoms with Crippen molar-refractivity contribution < 1.29 is 9.32 Å². The summed E-state index contributed by atoms with van der Waals surface area (Å²) in [6.07, 6.45) is 0. The van der Waals surface area contributed by atoms with E-state index in [1.807, 2.05) is 0 Å². The molecule has 0 radical (unpaired) electrons. The first-order valence-corrected chi connectivity index (χ1v) is 5.65. The van der Waals surface area contributed by atoms with Crippen LogP contribution in [0.15, 0.2) is 33.3 Å². The van der Waals surface area contributed by atoms with Crippen molar-refractivity contribution in [1.82, 2.24) is 5.16 Å². The number of anilines is 2. The average Bonchev–Trinajstić information content (AvgIpc) is 2.69. The Balaban J connectivity index is 2.18. The van der Waals surface area contributed by atoms with E-state index in [1.54, 1.807) is 31.2 Å². The molecular formula is C11H10BrN3O2. The molecule has 1 aromatic carbocycles. The minimum absolute atomic E-state index is 0.227. The van der Waals surface area contributed by atoms with E-state index in [9.17, 15) is 4.79 Å². The molecule has 0 saturated heterocycles. The zero-order valence-corrected chi connectivity index (χ0v) is 10.6. The quantitative estimate of drug-likeness (QED) is 0.835. The monoisotopic (exact) mass is 295 g/mol. The number of hydrogen-bond acceptors (Lipinski definition) is 4. The fraction of sp³-hybridized carbons (Fsp3) is 0.0909. The SMILES string of the molecule is Cc1cc(C(=O)Nc2ccc(Br)cc2N)no1. The van der Waals surface area contributed by atoms with Crippen LogP contribution in [0.5, 0.6) is 0 Å². The van der Waals surface area contributed by atoms with Gasteiger partial charge in [-0.3, -0.25) is 4.79 Å². The molecule has 0 unspecified atom stereocenters. The second kappa shape index (κ2) is 4.58. The second-order valence-corrected chi connectivity index (χ2v) is 4.42. The number of nitrogens with one attached hydrogen (secondary N) is 1. The number of carbonyl (C=O) groups is 1. The maximum atomic E-state index is 11.8. The third kappa shape index (κ3) is 2.65. The fourth-order valence-corrected chi connectivity index (χ4v) is 1.69. The summed E-state index contributed by atoms with van der Waals surface area (Å²) in [5.74, 6) is 0.231. The van der Waals surface area contributed by atoms with Crippen LogP contribution >= 0.6 is 15.9 Å². The van der Waals surface area contributed by atoms with Gasteiger partial charge in [-0.25, -0.2) is 0 Å². The Kier molecular flexibility index (Phi) is 3.14. The number of rotatable bonds is 2. The third-order valence-corrected chi connectivity index (χ3v) is 2.62. The number of nitrogens with two attached hydrogens (primary N) is 1. The molecule has 0 saturated carbocycles. The smallest absolute Gasteiger partial charge is 0.277 e. The van der Waals surface area contributed by atoms with Crippen LogP contribution in [0.1, 0.15) is 16.2 Å². The van der Waals surface area contributed by atoms with Gasteiger partial charge in [0.05, 0.1) is 11.4 Å². The van der Waals surface area contributed by atoms with Crippen molar-refractivity contribution in [2.45, 2.75) is 6.92 Å². The highest BCUT2D eigenvalue weighted by Gasteiger charge is 2.12. The number of carbonyl (C=O) groups excluding carboxylic acids is 1. The van der Waals surface area contributed by atoms with E-state index < -0.39 is 0 Å². The van der Waals surface area contributed by atoms with Crippen molar-refractivity contribution in [3.63, 3.8) is 0 Å². The summed E-state index contributed by atoms with van der Waals surface area (Å²) in [5, 5.41) is 6.28. The lowest BCUT2D eigenvalue weighted by Crippen LogP contribution is -2.13. The molecule has 0 bridgehead atoms. The van der Waals surface area contributed by atoms with Gasteiger partial charge in [-0.2, -0.15) is 0 Å². The number of hydrogen-bond donors (Lipinski definition) is 2. The summed E-state index contributed by atoms with van der Waals surface area (Å²) in [4.78, 5) is 11.8. The van der Waals surface area contributed by atoms with Crippen LogP contribution in [-0.4, -0.2) is 11.1 Å². The summed E-state index contributed by atoms with van der Waals surface area (Å²) in [5.41, 5.74) is 7.01. The molecule has 1 heterocycles. The molecule has 0 atom stereocenters. The number of aryl methyl sites for hydroxylation is 1. The highest BCUT2D eigenvalue weighted by molar-refractivity contribution is 9.10. The van der Waals surface area contributed by atoms with E-state index in [2.05, 4.69) is 26.4 Å². The Morgan fingerprint density at radius 2 is 2.24 bits per heavy atom. The highest BCUT2D eigenvalue weighted by Crippen LogP contribution is 2.23. The third-order valence-electron chi connectivity index (χ3n) is 2.12. The van der Waals surface area contributed by atoms with Gasteiger partial charge in [0.1, 0.15) is 5.76 Å². The molecule has 1 amide bonds. The van der Waals surface area contributed by atoms with E-state index in [0.29, 0.717) is 17.1 Å². The largest absolute Gasteiger partial charge is 0.397 e. The molecule has 17 heavy (non-hydrogen) atoms. The lowest BCUT2D eigenvalue weighted by atomic mass is 10.2. The van der Waals surface area contributed by atoms with Crippen LogP contribution in [0.4, 0.5) is 11.4 Å². The summed E-state index contributed by atoms with van der Waals surface area (Å²) in [6, 6.07) is 6.78. The topological polar surface area (TPSA) is 81.2 Å². The standard InChI is InChI=1S/C11H10BrN3O2/c1-6-4-10(15-17-6)11(16)14-9-3-2-7(12)5-8(9)13/h2-5H,13H2,1H3,(H,14,16). The van der Waals surface area contributed by atoms with Crippen LogP contribution in [0.3, 0.4) is 0 Å². The lowest BCUT2D eigenvalue weighted by molar-refractivity contribution is 0.101. The van der Waals surface area contributed by atoms with Gasteiger partial charge in [-0.1, -0.05) is 21.1 Å². The Morgan fingerprint density at radius 3 is 2.82 bits per heavy atom. The van der Waals surface area contributed by atoms with Gasteiger partial charge in [0.25, 0.3) is 5.91 Å². The number of amides is 1. The minimum Gasteiger partial charge on any atom is -0.397 e. The van der Waals surface area contributed by atoms with Crippen molar-refractivity contribution in [2.75, 3.05) is 11.1 Å². The Bertz CT molecular complexity index is 566. The number of nitrogen functional groups attached to an aromatic ring is 1. The maximum absolute atomic E-state index is 11.8. The number of nitrogens with zero attached hydrogens (tertiary/aromatic N) is 1. The van der Waals surface area contributed by atoms with Crippen LogP contribution < -0.4 is 11.1 Å². The molecule has 0 spiro atoms. The predicted molar refractivity (Wildman–Crippen MR) is 67.7 cm³/mol. The van der Waals surface area contributed by atoms with Crippen molar-refractivity contribution in [2.24, 2.45) is 0 Å². The van der Waals surface area contributed by atoms with E-state index in [1.165, 1.54) is 0 Å². The Labute approximate surface area is 106 Å². The number of halogens is 1. The van der Waals surface area contributed by atoms with Gasteiger partial charge in [-0.05, 0) is 25.1 Å². The minimum atomic E-state index is -0.351. The lowest BCUT2D eigenvalue weighted by Gasteiger charge is -2.06. The van der Waals surface area contributed by atoms with Crippen molar-refractivity contribution in [3.05, 3.63) is 40.2 Å². The summed E-state index contributed by atoms with van der Waals surface area (Å²) >= 11 is 3.29. The summed E-state index contributed by atoms with van der Waals surface area (Å²) in [7, 11) is 0. The highest BCUT2D eigenvalue weighted by atomic mass is 79.9. The van der Waals surface area contributed by atoms with Crippen LogP contribution in [0.25, 0.3) is 0 Å². The number of benzene rings is 1. The van der Waals surface area contributed by atoms with Crippen molar-refractivity contribution in [1.29, 1.82) is 0 Å². The molecule has 0 aliphatic carbocycles. The first kappa shape index (κ1) is 11.7. The molecule has 6 heteroatoms. The van der Waals surface area contributed by atoms with Gasteiger partial charge in [-0.15, -0.1) is 0 Å². The molecule has 2 rings (SSSR count).